The number of hydrogen-bond acceptors (Lipinski definition) is 3. The average molecular weight is 503 g/mol. The van der Waals surface area contributed by atoms with Crippen LogP contribution in [0.15, 0.2) is 72.9 Å². The summed E-state index contributed by atoms with van der Waals surface area (Å²) in [5.41, 5.74) is 3.61. The van der Waals surface area contributed by atoms with Gasteiger partial charge in [-0.05, 0) is 48.2 Å². The molecular formula is C29H31ClN4O2. The Labute approximate surface area is 216 Å². The van der Waals surface area contributed by atoms with Crippen LogP contribution in [0.25, 0.3) is 10.9 Å². The van der Waals surface area contributed by atoms with E-state index < -0.39 is 5.41 Å². The highest BCUT2D eigenvalue weighted by molar-refractivity contribution is 6.34. The van der Waals surface area contributed by atoms with Crippen LogP contribution in [0.3, 0.4) is 0 Å². The van der Waals surface area contributed by atoms with Gasteiger partial charge in [0.25, 0.3) is 5.91 Å². The van der Waals surface area contributed by atoms with Gasteiger partial charge in [-0.25, -0.2) is 0 Å². The van der Waals surface area contributed by atoms with Crippen molar-refractivity contribution in [3.8, 4) is 0 Å². The Bertz CT molecular complexity index is 1370. The Morgan fingerprint density at radius 1 is 0.972 bits per heavy atom. The van der Waals surface area contributed by atoms with Gasteiger partial charge in [0.1, 0.15) is 0 Å². The number of rotatable bonds is 8. The molecule has 1 heterocycles. The number of hydrogen-bond donors (Lipinski definition) is 2. The van der Waals surface area contributed by atoms with E-state index in [9.17, 15) is 9.59 Å². The third-order valence-electron chi connectivity index (χ3n) is 6.02. The van der Waals surface area contributed by atoms with Crippen molar-refractivity contribution in [2.24, 2.45) is 5.41 Å². The van der Waals surface area contributed by atoms with E-state index in [1.165, 1.54) is 5.56 Å². The quantitative estimate of drug-likeness (QED) is 0.299. The van der Waals surface area contributed by atoms with Crippen LogP contribution in [-0.4, -0.2) is 21.6 Å². The lowest BCUT2D eigenvalue weighted by Crippen LogP contribution is -2.34. The van der Waals surface area contributed by atoms with Gasteiger partial charge in [0, 0.05) is 23.9 Å². The first-order valence-corrected chi connectivity index (χ1v) is 12.5. The number of halogens is 1. The molecule has 3 aromatic carbocycles. The maximum Gasteiger partial charge on any atom is 0.257 e. The molecule has 6 nitrogen and oxygen atoms in total. The van der Waals surface area contributed by atoms with Gasteiger partial charge >= 0.3 is 0 Å². The minimum atomic E-state index is -0.489. The zero-order valence-corrected chi connectivity index (χ0v) is 21.6. The first-order valence-electron chi connectivity index (χ1n) is 12.1. The molecule has 4 rings (SSSR count). The fraction of sp³-hybridized carbons (Fsp3) is 0.276. The molecule has 7 heteroatoms. The number of aromatic nitrogens is 2. The topological polar surface area (TPSA) is 76.0 Å². The fourth-order valence-corrected chi connectivity index (χ4v) is 4.17. The Kier molecular flexibility index (Phi) is 7.75. The summed E-state index contributed by atoms with van der Waals surface area (Å²) in [6, 6.07) is 21.4. The lowest BCUT2D eigenvalue weighted by molar-refractivity contribution is -0.128. The second-order valence-corrected chi connectivity index (χ2v) is 10.3. The number of nitrogens with zero attached hydrogens (tertiary/aromatic N) is 2. The molecule has 0 bridgehead atoms. The predicted molar refractivity (Wildman–Crippen MR) is 145 cm³/mol. The summed E-state index contributed by atoms with van der Waals surface area (Å²) < 4.78 is 1.97. The molecule has 0 aliphatic carbocycles. The van der Waals surface area contributed by atoms with Gasteiger partial charge in [0.15, 0.2) is 0 Å². The molecule has 0 fully saturated rings. The third kappa shape index (κ3) is 6.13. The monoisotopic (exact) mass is 502 g/mol. The molecule has 1 aromatic heterocycles. The molecule has 4 aromatic rings. The van der Waals surface area contributed by atoms with Crippen LogP contribution in [0.5, 0.6) is 0 Å². The number of fused-ring (bicyclic) bond motifs is 1. The first kappa shape index (κ1) is 25.5. The molecule has 0 saturated heterocycles. The van der Waals surface area contributed by atoms with Crippen molar-refractivity contribution in [2.75, 3.05) is 5.32 Å². The molecule has 0 atom stereocenters. The number of anilines is 1. The molecule has 0 aliphatic rings. The molecular weight excluding hydrogens is 472 g/mol. The minimum absolute atomic E-state index is 0.0593. The second kappa shape index (κ2) is 11.0. The standard InChI is InChI=1S/C29H31ClN4O2/c1-29(2,3)28(36)31-18-21-14-15-24(30)22(17-21)27(35)33-25-12-7-13-26-23(25)19-32-34(26)16-8-11-20-9-5-4-6-10-20/h4-7,9-10,12-15,17,19H,8,11,16,18H2,1-3H3,(H,31,36)(H,33,35). The van der Waals surface area contributed by atoms with E-state index in [1.807, 2.05) is 55.8 Å². The number of carbonyl (C=O) groups is 2. The van der Waals surface area contributed by atoms with E-state index in [4.69, 9.17) is 11.6 Å². The molecule has 0 unspecified atom stereocenters. The predicted octanol–water partition coefficient (Wildman–Crippen LogP) is 6.24. The number of carbonyl (C=O) groups excluding carboxylic acids is 2. The Morgan fingerprint density at radius 3 is 2.50 bits per heavy atom. The van der Waals surface area contributed by atoms with Crippen LogP contribution in [0, 0.1) is 5.41 Å². The van der Waals surface area contributed by atoms with Gasteiger partial charge in [-0.15, -0.1) is 0 Å². The Hall–Kier alpha value is -3.64. The summed E-state index contributed by atoms with van der Waals surface area (Å²) in [5.74, 6) is -0.371. The molecule has 2 amide bonds. The van der Waals surface area contributed by atoms with E-state index >= 15 is 0 Å². The van der Waals surface area contributed by atoms with Crippen molar-refractivity contribution in [3.05, 3.63) is 94.6 Å². The van der Waals surface area contributed by atoms with Crippen molar-refractivity contribution < 1.29 is 9.59 Å². The molecule has 0 radical (unpaired) electrons. The molecule has 0 aliphatic heterocycles. The highest BCUT2D eigenvalue weighted by atomic mass is 35.5. The third-order valence-corrected chi connectivity index (χ3v) is 6.35. The zero-order chi connectivity index (χ0) is 25.7. The number of nitrogens with one attached hydrogen (secondary N) is 2. The average Bonchev–Trinajstić information content (AvgIpc) is 3.27. The van der Waals surface area contributed by atoms with Crippen molar-refractivity contribution in [1.82, 2.24) is 15.1 Å². The van der Waals surface area contributed by atoms with Crippen molar-refractivity contribution in [2.45, 2.75) is 46.7 Å². The Morgan fingerprint density at radius 2 is 1.75 bits per heavy atom. The largest absolute Gasteiger partial charge is 0.352 e. The van der Waals surface area contributed by atoms with Gasteiger partial charge < -0.3 is 10.6 Å². The van der Waals surface area contributed by atoms with Crippen LogP contribution in [0.1, 0.15) is 48.7 Å². The number of benzene rings is 3. The molecule has 0 spiro atoms. The van der Waals surface area contributed by atoms with Crippen molar-refractivity contribution in [1.29, 1.82) is 0 Å². The summed E-state index contributed by atoms with van der Waals surface area (Å²) in [6.07, 6.45) is 3.72. The van der Waals surface area contributed by atoms with Crippen LogP contribution < -0.4 is 10.6 Å². The summed E-state index contributed by atoms with van der Waals surface area (Å²) in [5, 5.41) is 11.7. The van der Waals surface area contributed by atoms with Gasteiger partial charge in [0.2, 0.25) is 5.91 Å². The van der Waals surface area contributed by atoms with Crippen LogP contribution in [0.2, 0.25) is 5.02 Å². The first-order chi connectivity index (χ1) is 17.2. The number of amides is 2. The van der Waals surface area contributed by atoms with Crippen molar-refractivity contribution in [3.63, 3.8) is 0 Å². The Balaban J connectivity index is 1.46. The summed E-state index contributed by atoms with van der Waals surface area (Å²) >= 11 is 6.36. The van der Waals surface area contributed by atoms with E-state index in [1.54, 1.807) is 18.3 Å². The molecule has 186 valence electrons. The smallest absolute Gasteiger partial charge is 0.257 e. The molecule has 36 heavy (non-hydrogen) atoms. The highest BCUT2D eigenvalue weighted by Gasteiger charge is 2.21. The maximum atomic E-state index is 13.2. The maximum absolute atomic E-state index is 13.2. The van der Waals surface area contributed by atoms with Gasteiger partial charge in [-0.1, -0.05) is 74.8 Å². The van der Waals surface area contributed by atoms with Crippen LogP contribution >= 0.6 is 11.6 Å². The summed E-state index contributed by atoms with van der Waals surface area (Å²) in [6.45, 7) is 6.67. The van der Waals surface area contributed by atoms with Gasteiger partial charge in [-0.3, -0.25) is 14.3 Å². The van der Waals surface area contributed by atoms with Gasteiger partial charge in [0.05, 0.1) is 28.0 Å². The lowest BCUT2D eigenvalue weighted by atomic mass is 9.95. The SMILES string of the molecule is CC(C)(C)C(=O)NCc1ccc(Cl)c(C(=O)Nc2cccc3c2cnn3CCCc2ccccc2)c1. The van der Waals surface area contributed by atoms with E-state index in [2.05, 4.69) is 40.0 Å². The van der Waals surface area contributed by atoms with E-state index in [0.29, 0.717) is 22.8 Å². The van der Waals surface area contributed by atoms with E-state index in [-0.39, 0.29) is 11.8 Å². The highest BCUT2D eigenvalue weighted by Crippen LogP contribution is 2.26. The van der Waals surface area contributed by atoms with Gasteiger partial charge in [-0.2, -0.15) is 5.10 Å². The van der Waals surface area contributed by atoms with Crippen LogP contribution in [-0.2, 0) is 24.3 Å². The normalized spacial score (nSPS) is 11.4. The zero-order valence-electron chi connectivity index (χ0n) is 20.8. The van der Waals surface area contributed by atoms with Crippen LogP contribution in [0.4, 0.5) is 5.69 Å². The molecule has 2 N–H and O–H groups in total. The number of aryl methyl sites for hydroxylation is 2. The fourth-order valence-electron chi connectivity index (χ4n) is 3.96. The summed E-state index contributed by atoms with van der Waals surface area (Å²) in [7, 11) is 0. The second-order valence-electron chi connectivity index (χ2n) is 9.90. The summed E-state index contributed by atoms with van der Waals surface area (Å²) in [4.78, 5) is 25.4. The van der Waals surface area contributed by atoms with Crippen molar-refractivity contribution >= 4 is 40.0 Å². The molecule has 0 saturated carbocycles. The lowest BCUT2D eigenvalue weighted by Gasteiger charge is -2.18. The minimum Gasteiger partial charge on any atom is -0.352 e. The van der Waals surface area contributed by atoms with E-state index in [0.717, 1.165) is 35.9 Å².